The number of allylic oxidation sites excluding steroid dienone is 1. The summed E-state index contributed by atoms with van der Waals surface area (Å²) >= 11 is 0. The largest absolute Gasteiger partial charge is 0.469 e. The fourth-order valence-corrected chi connectivity index (χ4v) is 3.56. The highest BCUT2D eigenvalue weighted by Gasteiger charge is 2.56. The summed E-state index contributed by atoms with van der Waals surface area (Å²) < 4.78 is 22.8. The van der Waals surface area contributed by atoms with Gasteiger partial charge in [-0.1, -0.05) is 5.57 Å². The van der Waals surface area contributed by atoms with Crippen LogP contribution < -0.4 is 5.73 Å². The number of hydrogen-bond donors (Lipinski definition) is 5. The number of aliphatic hydroxyl groups is 2. The van der Waals surface area contributed by atoms with Gasteiger partial charge in [0.1, 0.15) is 30.2 Å². The van der Waals surface area contributed by atoms with Crippen molar-refractivity contribution < 1.29 is 33.8 Å². The molecule has 3 heterocycles. The lowest BCUT2D eigenvalue weighted by Crippen LogP contribution is -2.45. The van der Waals surface area contributed by atoms with E-state index in [2.05, 4.69) is 26.1 Å². The third-order valence-corrected chi connectivity index (χ3v) is 5.09. The maximum Gasteiger partial charge on any atom is 0.469 e. The molecule has 1 fully saturated rings. The summed E-state index contributed by atoms with van der Waals surface area (Å²) in [6, 6.07) is 0. The molecule has 1 saturated heterocycles. The van der Waals surface area contributed by atoms with Crippen molar-refractivity contribution in [2.45, 2.75) is 43.8 Å². The van der Waals surface area contributed by atoms with Crippen molar-refractivity contribution in [2.75, 3.05) is 12.3 Å². The van der Waals surface area contributed by atoms with E-state index in [9.17, 15) is 14.8 Å². The molecule has 0 unspecified atom stereocenters. The molecule has 4 atom stereocenters. The van der Waals surface area contributed by atoms with Gasteiger partial charge in [0.2, 0.25) is 0 Å². The minimum Gasteiger partial charge on any atom is -0.387 e. The number of phosphoric ester groups is 1. The van der Waals surface area contributed by atoms with E-state index in [0.717, 1.165) is 5.57 Å². The standard InChI is InChI=1S/C15H22N5O7P/c1-8(2)3-4-15(20-7-19-10-13(16)17-6-18-14(10)20)12(22)11(21)9(27-15)5-26-28(23,24)25/h6-7,9,11-12,21-22H,1,3-5H2,2H3,(H2,16,17,18)(H2,23,24,25)/t9-,11-,12-,15-/m1/s1. The summed E-state index contributed by atoms with van der Waals surface area (Å²) in [4.78, 5) is 30.0. The number of imidazole rings is 1. The maximum absolute atomic E-state index is 11.0. The van der Waals surface area contributed by atoms with Gasteiger partial charge in [-0.15, -0.1) is 6.58 Å². The van der Waals surface area contributed by atoms with E-state index in [-0.39, 0.29) is 23.4 Å². The van der Waals surface area contributed by atoms with Crippen LogP contribution in [0.15, 0.2) is 24.8 Å². The lowest BCUT2D eigenvalue weighted by molar-refractivity contribution is -0.149. The molecular weight excluding hydrogens is 393 g/mol. The number of aliphatic hydroxyl groups excluding tert-OH is 2. The van der Waals surface area contributed by atoms with E-state index in [4.69, 9.17) is 20.3 Å². The van der Waals surface area contributed by atoms with E-state index in [0.29, 0.717) is 6.42 Å². The second kappa shape index (κ2) is 7.48. The molecule has 0 spiro atoms. The van der Waals surface area contributed by atoms with Crippen LogP contribution in [0, 0.1) is 0 Å². The maximum atomic E-state index is 11.0. The lowest BCUT2D eigenvalue weighted by atomic mass is 9.95. The second-order valence-corrected chi connectivity index (χ2v) is 7.97. The summed E-state index contributed by atoms with van der Waals surface area (Å²) in [6.07, 6.45) is -0.952. The van der Waals surface area contributed by atoms with Crippen LogP contribution in [0.1, 0.15) is 19.8 Å². The first-order valence-electron chi connectivity index (χ1n) is 8.37. The topological polar surface area (TPSA) is 186 Å². The van der Waals surface area contributed by atoms with Gasteiger partial charge >= 0.3 is 7.82 Å². The number of phosphoric acid groups is 1. The molecule has 3 rings (SSSR count). The molecule has 1 aliphatic heterocycles. The normalized spacial score (nSPS) is 28.1. The third kappa shape index (κ3) is 3.80. The third-order valence-electron chi connectivity index (χ3n) is 4.61. The van der Waals surface area contributed by atoms with Crippen molar-refractivity contribution in [2.24, 2.45) is 0 Å². The number of fused-ring (bicyclic) bond motifs is 1. The molecule has 28 heavy (non-hydrogen) atoms. The fraction of sp³-hybridized carbons (Fsp3) is 0.533. The Kier molecular flexibility index (Phi) is 5.56. The molecule has 1 aliphatic rings. The van der Waals surface area contributed by atoms with Crippen molar-refractivity contribution >= 4 is 24.8 Å². The predicted octanol–water partition coefficient (Wildman–Crippen LogP) is -0.353. The average molecular weight is 415 g/mol. The van der Waals surface area contributed by atoms with Crippen molar-refractivity contribution in [3.8, 4) is 0 Å². The summed E-state index contributed by atoms with van der Waals surface area (Å²) in [6.45, 7) is 5.01. The van der Waals surface area contributed by atoms with Crippen LogP contribution in [0.2, 0.25) is 0 Å². The van der Waals surface area contributed by atoms with Gasteiger partial charge in [0, 0.05) is 6.42 Å². The van der Waals surface area contributed by atoms with Crippen LogP contribution in [0.25, 0.3) is 11.2 Å². The Morgan fingerprint density at radius 1 is 1.43 bits per heavy atom. The number of rotatable bonds is 7. The quantitative estimate of drug-likeness (QED) is 0.294. The number of anilines is 1. The monoisotopic (exact) mass is 415 g/mol. The van der Waals surface area contributed by atoms with Gasteiger partial charge in [-0.05, 0) is 13.3 Å². The Morgan fingerprint density at radius 2 is 2.14 bits per heavy atom. The zero-order chi connectivity index (χ0) is 20.7. The highest BCUT2D eigenvalue weighted by Crippen LogP contribution is 2.44. The number of aromatic nitrogens is 4. The molecular formula is C15H22N5O7P. The van der Waals surface area contributed by atoms with E-state index in [1.807, 2.05) is 0 Å². The van der Waals surface area contributed by atoms with Crippen LogP contribution in [-0.2, 0) is 19.6 Å². The van der Waals surface area contributed by atoms with Gasteiger partial charge in [0.05, 0.1) is 12.9 Å². The summed E-state index contributed by atoms with van der Waals surface area (Å²) in [5, 5.41) is 21.3. The highest BCUT2D eigenvalue weighted by molar-refractivity contribution is 7.46. The molecule has 2 aromatic rings. The van der Waals surface area contributed by atoms with Crippen LogP contribution in [-0.4, -0.2) is 64.4 Å². The number of ether oxygens (including phenoxy) is 1. The highest BCUT2D eigenvalue weighted by atomic mass is 31.2. The molecule has 0 radical (unpaired) electrons. The Balaban J connectivity index is 2.04. The summed E-state index contributed by atoms with van der Waals surface area (Å²) in [7, 11) is -4.79. The molecule has 13 heteroatoms. The summed E-state index contributed by atoms with van der Waals surface area (Å²) in [5.74, 6) is 0.133. The molecule has 2 aromatic heterocycles. The first-order chi connectivity index (χ1) is 13.0. The fourth-order valence-electron chi connectivity index (χ4n) is 3.22. The van der Waals surface area contributed by atoms with Gasteiger partial charge < -0.3 is 30.5 Å². The van der Waals surface area contributed by atoms with E-state index in [1.165, 1.54) is 17.2 Å². The van der Waals surface area contributed by atoms with Crippen molar-refractivity contribution in [1.82, 2.24) is 19.5 Å². The van der Waals surface area contributed by atoms with Gasteiger partial charge in [0.15, 0.2) is 17.2 Å². The molecule has 154 valence electrons. The first-order valence-corrected chi connectivity index (χ1v) is 9.90. The van der Waals surface area contributed by atoms with Crippen molar-refractivity contribution in [1.29, 1.82) is 0 Å². The number of nitrogen functional groups attached to an aromatic ring is 1. The van der Waals surface area contributed by atoms with Crippen LogP contribution in [0.3, 0.4) is 0 Å². The van der Waals surface area contributed by atoms with Gasteiger partial charge in [-0.25, -0.2) is 19.5 Å². The van der Waals surface area contributed by atoms with E-state index < -0.39 is 38.5 Å². The van der Waals surface area contributed by atoms with Crippen molar-refractivity contribution in [3.63, 3.8) is 0 Å². The Bertz CT molecular complexity index is 931. The second-order valence-electron chi connectivity index (χ2n) is 6.73. The number of nitrogens with zero attached hydrogens (tertiary/aromatic N) is 4. The van der Waals surface area contributed by atoms with Gasteiger partial charge in [-0.3, -0.25) is 9.09 Å². The van der Waals surface area contributed by atoms with Gasteiger partial charge in [-0.2, -0.15) is 0 Å². The Labute approximate surface area is 159 Å². The van der Waals surface area contributed by atoms with E-state index in [1.54, 1.807) is 6.92 Å². The molecule has 0 aliphatic carbocycles. The van der Waals surface area contributed by atoms with E-state index >= 15 is 0 Å². The van der Waals surface area contributed by atoms with Crippen molar-refractivity contribution in [3.05, 3.63) is 24.8 Å². The minimum absolute atomic E-state index is 0.133. The lowest BCUT2D eigenvalue weighted by Gasteiger charge is -2.34. The minimum atomic E-state index is -4.79. The zero-order valence-corrected chi connectivity index (χ0v) is 15.9. The number of nitrogens with two attached hydrogens (primary N) is 1. The molecule has 6 N–H and O–H groups in total. The summed E-state index contributed by atoms with van der Waals surface area (Å²) in [5.41, 5.74) is 5.66. The Morgan fingerprint density at radius 3 is 2.79 bits per heavy atom. The molecule has 0 bridgehead atoms. The molecule has 0 amide bonds. The van der Waals surface area contributed by atoms with Crippen LogP contribution in [0.5, 0.6) is 0 Å². The van der Waals surface area contributed by atoms with Crippen LogP contribution >= 0.6 is 7.82 Å². The van der Waals surface area contributed by atoms with Gasteiger partial charge in [0.25, 0.3) is 0 Å². The molecule has 12 nitrogen and oxygen atoms in total. The first kappa shape index (κ1) is 20.8. The predicted molar refractivity (Wildman–Crippen MR) is 96.6 cm³/mol. The molecule has 0 aromatic carbocycles. The Hall–Kier alpha value is -1.92. The van der Waals surface area contributed by atoms with Crippen LogP contribution in [0.4, 0.5) is 5.82 Å². The SMILES string of the molecule is C=C(C)CC[C@@]1(n2cnc3c(N)ncnc32)O[C@H](COP(=O)(O)O)[C@@H](O)[C@H]1O. The zero-order valence-electron chi connectivity index (χ0n) is 15.0. The number of hydrogen-bond acceptors (Lipinski definition) is 9. The smallest absolute Gasteiger partial charge is 0.387 e. The molecule has 0 saturated carbocycles. The average Bonchev–Trinajstić information content (AvgIpc) is 3.14.